The number of carbonyl (C=O) groups is 1. The average Bonchev–Trinajstić information content (AvgIpc) is 3.32. The molecule has 0 aliphatic carbocycles. The van der Waals surface area contributed by atoms with Gasteiger partial charge in [-0.25, -0.2) is 0 Å². The average molecular weight is 468 g/mol. The summed E-state index contributed by atoms with van der Waals surface area (Å²) in [5.74, 6) is 0.889. The van der Waals surface area contributed by atoms with Crippen LogP contribution in [0, 0.1) is 6.92 Å². The lowest BCUT2D eigenvalue weighted by molar-refractivity contribution is -0.141. The van der Waals surface area contributed by atoms with E-state index in [4.69, 9.17) is 11.6 Å². The minimum atomic E-state index is -4.74. The maximum Gasteiger partial charge on any atom is 0.434 e. The van der Waals surface area contributed by atoms with E-state index < -0.39 is 22.8 Å². The molecule has 31 heavy (non-hydrogen) atoms. The number of fused-ring (bicyclic) bond motifs is 4. The van der Waals surface area contributed by atoms with E-state index in [0.717, 1.165) is 34.6 Å². The molecule has 2 atom stereocenters. The monoisotopic (exact) mass is 467 g/mol. The van der Waals surface area contributed by atoms with E-state index in [1.807, 2.05) is 23.6 Å². The fraction of sp³-hybridized carbons (Fsp3) is 0.400. The van der Waals surface area contributed by atoms with Gasteiger partial charge >= 0.3 is 6.18 Å². The first-order chi connectivity index (χ1) is 14.8. The zero-order valence-corrected chi connectivity index (χ0v) is 17.9. The van der Waals surface area contributed by atoms with E-state index in [1.165, 1.54) is 6.07 Å². The van der Waals surface area contributed by atoms with E-state index in [1.54, 1.807) is 16.2 Å². The van der Waals surface area contributed by atoms with E-state index in [2.05, 4.69) is 15.2 Å². The maximum atomic E-state index is 13.4. The fourth-order valence-electron chi connectivity index (χ4n) is 4.45. The summed E-state index contributed by atoms with van der Waals surface area (Å²) < 4.78 is 41.7. The molecule has 6 nitrogen and oxygen atoms in total. The van der Waals surface area contributed by atoms with Crippen LogP contribution in [-0.4, -0.2) is 36.6 Å². The number of rotatable bonds is 2. The van der Waals surface area contributed by atoms with Gasteiger partial charge in [0.05, 0.1) is 27.5 Å². The summed E-state index contributed by atoms with van der Waals surface area (Å²) in [6.07, 6.45) is -1.45. The summed E-state index contributed by atoms with van der Waals surface area (Å²) in [6.45, 7) is 2.51. The van der Waals surface area contributed by atoms with E-state index in [9.17, 15) is 18.0 Å². The number of aryl methyl sites for hydroxylation is 1. The normalized spacial score (nSPS) is 20.6. The van der Waals surface area contributed by atoms with E-state index >= 15 is 0 Å². The highest BCUT2D eigenvalue weighted by atomic mass is 35.5. The minimum Gasteiger partial charge on any atom is -0.324 e. The van der Waals surface area contributed by atoms with Gasteiger partial charge in [0.2, 0.25) is 0 Å². The van der Waals surface area contributed by atoms with Crippen molar-refractivity contribution in [2.75, 3.05) is 0 Å². The molecule has 5 rings (SSSR count). The van der Waals surface area contributed by atoms with Gasteiger partial charge in [-0.1, -0.05) is 11.6 Å². The number of thiophene rings is 1. The lowest BCUT2D eigenvalue weighted by atomic mass is 9.91. The van der Waals surface area contributed by atoms with Crippen LogP contribution in [0.1, 0.15) is 52.1 Å². The van der Waals surface area contributed by atoms with Gasteiger partial charge in [0.15, 0.2) is 17.3 Å². The second-order valence-electron chi connectivity index (χ2n) is 7.73. The van der Waals surface area contributed by atoms with Crippen LogP contribution in [0.4, 0.5) is 13.2 Å². The smallest absolute Gasteiger partial charge is 0.324 e. The molecule has 2 aliphatic heterocycles. The SMILES string of the molecule is Cc1ccc(-c2nnc3n2C[C@H]2CCC[C@H]3N2C(=O)c2ccnc(C(F)(F)F)c2Cl)s1. The number of nitrogens with zero attached hydrogens (tertiary/aromatic N) is 5. The molecular weight excluding hydrogens is 451 g/mol. The maximum absolute atomic E-state index is 13.4. The first-order valence-electron chi connectivity index (χ1n) is 9.80. The standard InChI is InChI=1S/C20H17ClF3N5OS/c1-10-5-6-14(31-10)18-27-26-17-13-4-2-3-11(9-28(17)18)29(13)19(30)12-7-8-25-16(15(12)21)20(22,23)24/h5-8,11,13H,2-4,9H2,1H3/t11-,13-/m1/s1. The van der Waals surface area contributed by atoms with Crippen molar-refractivity contribution in [2.45, 2.75) is 51.0 Å². The van der Waals surface area contributed by atoms with Gasteiger partial charge in [-0.15, -0.1) is 21.5 Å². The van der Waals surface area contributed by atoms with Crippen LogP contribution in [0.5, 0.6) is 0 Å². The molecule has 1 amide bonds. The Kier molecular flexibility index (Phi) is 4.82. The number of hydrogen-bond acceptors (Lipinski definition) is 5. The molecule has 2 aliphatic rings. The van der Waals surface area contributed by atoms with Crippen molar-refractivity contribution in [2.24, 2.45) is 0 Å². The first kappa shape index (κ1) is 20.4. The second-order valence-corrected chi connectivity index (χ2v) is 9.40. The number of piperidine rings is 1. The van der Waals surface area contributed by atoms with Crippen LogP contribution in [0.15, 0.2) is 24.4 Å². The van der Waals surface area contributed by atoms with Crippen molar-refractivity contribution in [1.29, 1.82) is 0 Å². The van der Waals surface area contributed by atoms with Crippen molar-refractivity contribution in [1.82, 2.24) is 24.6 Å². The molecular formula is C20H17ClF3N5OS. The van der Waals surface area contributed by atoms with Crippen LogP contribution in [0.25, 0.3) is 10.7 Å². The molecule has 162 valence electrons. The number of amides is 1. The highest BCUT2D eigenvalue weighted by molar-refractivity contribution is 7.15. The third kappa shape index (κ3) is 3.32. The van der Waals surface area contributed by atoms with Crippen molar-refractivity contribution >= 4 is 28.8 Å². The lowest BCUT2D eigenvalue weighted by Crippen LogP contribution is -2.52. The van der Waals surface area contributed by atoms with Crippen molar-refractivity contribution in [3.05, 3.63) is 51.4 Å². The Labute approximate surface area is 184 Å². The van der Waals surface area contributed by atoms with Crippen molar-refractivity contribution in [3.8, 4) is 10.7 Å². The molecule has 0 saturated carbocycles. The van der Waals surface area contributed by atoms with E-state index in [-0.39, 0.29) is 17.6 Å². The summed E-state index contributed by atoms with van der Waals surface area (Å²) in [4.78, 5) is 20.5. The Bertz CT molecular complexity index is 1170. The Morgan fingerprint density at radius 1 is 1.23 bits per heavy atom. The fourth-order valence-corrected chi connectivity index (χ4v) is 5.62. The molecule has 0 aromatic carbocycles. The summed E-state index contributed by atoms with van der Waals surface area (Å²) in [5, 5.41) is 8.08. The minimum absolute atomic E-state index is 0.173. The Morgan fingerprint density at radius 2 is 2.03 bits per heavy atom. The van der Waals surface area contributed by atoms with Crippen LogP contribution in [0.3, 0.4) is 0 Å². The molecule has 11 heteroatoms. The molecule has 1 fully saturated rings. The Balaban J connectivity index is 1.54. The number of halogens is 4. The van der Waals surface area contributed by atoms with Crippen LogP contribution >= 0.6 is 22.9 Å². The predicted molar refractivity (Wildman–Crippen MR) is 109 cm³/mol. The summed E-state index contributed by atoms with van der Waals surface area (Å²) >= 11 is 7.61. The third-order valence-electron chi connectivity index (χ3n) is 5.80. The second kappa shape index (κ2) is 7.30. The molecule has 0 spiro atoms. The summed E-state index contributed by atoms with van der Waals surface area (Å²) in [5.41, 5.74) is -1.44. The summed E-state index contributed by atoms with van der Waals surface area (Å²) in [6, 6.07) is 4.73. The Hall–Kier alpha value is -2.46. The quantitative estimate of drug-likeness (QED) is 0.524. The predicted octanol–water partition coefficient (Wildman–Crippen LogP) is 5.13. The highest BCUT2D eigenvalue weighted by Crippen LogP contribution is 2.43. The van der Waals surface area contributed by atoms with Gasteiger partial charge in [-0.2, -0.15) is 13.2 Å². The molecule has 1 saturated heterocycles. The summed E-state index contributed by atoms with van der Waals surface area (Å²) in [7, 11) is 0. The van der Waals surface area contributed by atoms with Gasteiger partial charge in [0, 0.05) is 17.6 Å². The van der Waals surface area contributed by atoms with Crippen LogP contribution < -0.4 is 0 Å². The van der Waals surface area contributed by atoms with Crippen molar-refractivity contribution < 1.29 is 18.0 Å². The largest absolute Gasteiger partial charge is 0.434 e. The highest BCUT2D eigenvalue weighted by Gasteiger charge is 2.44. The number of carbonyl (C=O) groups excluding carboxylic acids is 1. The van der Waals surface area contributed by atoms with Gasteiger partial charge in [0.25, 0.3) is 5.91 Å². The third-order valence-corrected chi connectivity index (χ3v) is 7.18. The molecule has 2 bridgehead atoms. The molecule has 0 unspecified atom stereocenters. The number of aromatic nitrogens is 4. The molecule has 5 heterocycles. The topological polar surface area (TPSA) is 63.9 Å². The number of pyridine rings is 1. The first-order valence-corrected chi connectivity index (χ1v) is 11.0. The molecule has 3 aromatic rings. The molecule has 0 radical (unpaired) electrons. The van der Waals surface area contributed by atoms with Crippen molar-refractivity contribution in [3.63, 3.8) is 0 Å². The number of alkyl halides is 3. The van der Waals surface area contributed by atoms with Gasteiger partial charge < -0.3 is 9.47 Å². The van der Waals surface area contributed by atoms with Crippen LogP contribution in [-0.2, 0) is 12.7 Å². The zero-order chi connectivity index (χ0) is 21.9. The van der Waals surface area contributed by atoms with Crippen LogP contribution in [0.2, 0.25) is 5.02 Å². The van der Waals surface area contributed by atoms with Gasteiger partial charge in [-0.3, -0.25) is 9.78 Å². The van der Waals surface area contributed by atoms with Gasteiger partial charge in [0.1, 0.15) is 0 Å². The Morgan fingerprint density at radius 3 is 2.74 bits per heavy atom. The van der Waals surface area contributed by atoms with Gasteiger partial charge in [-0.05, 0) is 44.4 Å². The zero-order valence-electron chi connectivity index (χ0n) is 16.4. The molecule has 3 aromatic heterocycles. The van der Waals surface area contributed by atoms with E-state index in [0.29, 0.717) is 18.8 Å². The lowest BCUT2D eigenvalue weighted by Gasteiger charge is -2.45. The molecule has 0 N–H and O–H groups in total. The number of hydrogen-bond donors (Lipinski definition) is 0.